The second-order valence-corrected chi connectivity index (χ2v) is 12.3. The van der Waals surface area contributed by atoms with Gasteiger partial charge in [0.1, 0.15) is 11.6 Å². The summed E-state index contributed by atoms with van der Waals surface area (Å²) in [6, 6.07) is 6.24. The van der Waals surface area contributed by atoms with Gasteiger partial charge >= 0.3 is 12.1 Å². The SMILES string of the molecule is CCOC(=O)C(CNC(=O)CCNC(=O)CCC1CCN(C(=O)OC(C)(C)C)CC1)NS(=O)(=O)c1ccccc1. The summed E-state index contributed by atoms with van der Waals surface area (Å²) in [5, 5.41) is 5.23. The number of carbonyl (C=O) groups is 4. The first kappa shape index (κ1) is 33.0. The van der Waals surface area contributed by atoms with E-state index in [1.165, 1.54) is 12.1 Å². The van der Waals surface area contributed by atoms with E-state index in [1.807, 2.05) is 20.8 Å². The quantitative estimate of drug-likeness (QED) is 0.298. The Morgan fingerprint density at radius 2 is 1.62 bits per heavy atom. The molecule has 0 aromatic heterocycles. The van der Waals surface area contributed by atoms with Gasteiger partial charge in [0.05, 0.1) is 11.5 Å². The van der Waals surface area contributed by atoms with Crippen molar-refractivity contribution in [2.75, 3.05) is 32.8 Å². The molecule has 0 bridgehead atoms. The van der Waals surface area contributed by atoms with Gasteiger partial charge < -0.3 is 25.0 Å². The molecular weight excluding hydrogens is 540 g/mol. The molecule has 0 spiro atoms. The average Bonchev–Trinajstić information content (AvgIpc) is 2.89. The van der Waals surface area contributed by atoms with Crippen molar-refractivity contribution in [1.82, 2.24) is 20.3 Å². The monoisotopic (exact) mass is 582 g/mol. The van der Waals surface area contributed by atoms with Gasteiger partial charge in [-0.05, 0) is 65.0 Å². The number of piperidine rings is 1. The molecule has 1 heterocycles. The zero-order chi connectivity index (χ0) is 29.8. The smallest absolute Gasteiger partial charge is 0.410 e. The second kappa shape index (κ2) is 15.6. The van der Waals surface area contributed by atoms with E-state index < -0.39 is 33.5 Å². The Labute approximate surface area is 236 Å². The summed E-state index contributed by atoms with van der Waals surface area (Å²) in [6.07, 6.45) is 2.23. The summed E-state index contributed by atoms with van der Waals surface area (Å²) in [5.74, 6) is -1.12. The van der Waals surface area contributed by atoms with E-state index in [0.29, 0.717) is 31.8 Å². The minimum Gasteiger partial charge on any atom is -0.465 e. The van der Waals surface area contributed by atoms with Crippen LogP contribution in [0.4, 0.5) is 4.79 Å². The molecule has 1 fully saturated rings. The number of hydrogen-bond donors (Lipinski definition) is 3. The van der Waals surface area contributed by atoms with Crippen LogP contribution in [-0.2, 0) is 33.9 Å². The van der Waals surface area contributed by atoms with Gasteiger partial charge in [-0.25, -0.2) is 13.2 Å². The third kappa shape index (κ3) is 11.9. The van der Waals surface area contributed by atoms with Crippen molar-refractivity contribution in [2.24, 2.45) is 5.92 Å². The number of benzene rings is 1. The van der Waals surface area contributed by atoms with Gasteiger partial charge in [0.25, 0.3) is 0 Å². The molecule has 1 aliphatic heterocycles. The lowest BCUT2D eigenvalue weighted by Gasteiger charge is -2.33. The van der Waals surface area contributed by atoms with Crippen LogP contribution in [-0.4, -0.2) is 81.6 Å². The molecule has 0 aliphatic carbocycles. The molecule has 40 heavy (non-hydrogen) atoms. The molecule has 1 aromatic rings. The number of sulfonamides is 1. The lowest BCUT2D eigenvalue weighted by molar-refractivity contribution is -0.145. The Morgan fingerprint density at radius 1 is 1.00 bits per heavy atom. The maximum absolute atomic E-state index is 12.6. The lowest BCUT2D eigenvalue weighted by atomic mass is 9.92. The number of hydrogen-bond acceptors (Lipinski definition) is 8. The Morgan fingerprint density at radius 3 is 2.23 bits per heavy atom. The summed E-state index contributed by atoms with van der Waals surface area (Å²) in [6.45, 7) is 8.11. The van der Waals surface area contributed by atoms with Crippen LogP contribution < -0.4 is 15.4 Å². The fraction of sp³-hybridized carbons (Fsp3) is 0.630. The Balaban J connectivity index is 1.70. The molecule has 1 saturated heterocycles. The van der Waals surface area contributed by atoms with Gasteiger partial charge in [-0.1, -0.05) is 18.2 Å². The maximum Gasteiger partial charge on any atom is 0.410 e. The van der Waals surface area contributed by atoms with Crippen LogP contribution in [0.1, 0.15) is 59.8 Å². The van der Waals surface area contributed by atoms with Crippen LogP contribution in [0.5, 0.6) is 0 Å². The largest absolute Gasteiger partial charge is 0.465 e. The van der Waals surface area contributed by atoms with E-state index in [1.54, 1.807) is 30.0 Å². The highest BCUT2D eigenvalue weighted by atomic mass is 32.2. The lowest BCUT2D eigenvalue weighted by Crippen LogP contribution is -2.49. The minimum absolute atomic E-state index is 0.0214. The van der Waals surface area contributed by atoms with Crippen molar-refractivity contribution in [3.63, 3.8) is 0 Å². The zero-order valence-corrected chi connectivity index (χ0v) is 24.6. The minimum atomic E-state index is -4.01. The van der Waals surface area contributed by atoms with Crippen LogP contribution in [0.3, 0.4) is 0 Å². The van der Waals surface area contributed by atoms with Crippen molar-refractivity contribution in [3.8, 4) is 0 Å². The standard InChI is InChI=1S/C27H42N4O8S/c1-5-38-25(34)22(30-40(36,37)21-9-7-6-8-10-21)19-29-24(33)13-16-28-23(32)12-11-20-14-17-31(18-15-20)26(35)39-27(2,3)4/h6-10,20,22,30H,5,11-19H2,1-4H3,(H,28,32)(H,29,33). The third-order valence-corrected chi connectivity index (χ3v) is 7.63. The van der Waals surface area contributed by atoms with E-state index in [0.717, 1.165) is 12.8 Å². The van der Waals surface area contributed by atoms with Gasteiger partial charge in [-0.2, -0.15) is 4.72 Å². The normalized spacial score (nSPS) is 15.2. The molecule has 13 heteroatoms. The van der Waals surface area contributed by atoms with E-state index >= 15 is 0 Å². The molecule has 3 amide bonds. The van der Waals surface area contributed by atoms with E-state index in [9.17, 15) is 27.6 Å². The molecule has 12 nitrogen and oxygen atoms in total. The molecule has 0 saturated carbocycles. The van der Waals surface area contributed by atoms with Crippen molar-refractivity contribution in [1.29, 1.82) is 0 Å². The van der Waals surface area contributed by atoms with Crippen molar-refractivity contribution in [2.45, 2.75) is 76.3 Å². The molecule has 224 valence electrons. The molecule has 1 aromatic carbocycles. The number of carbonyl (C=O) groups excluding carboxylic acids is 4. The summed E-state index contributed by atoms with van der Waals surface area (Å²) in [5.41, 5.74) is -0.536. The van der Waals surface area contributed by atoms with E-state index in [2.05, 4.69) is 15.4 Å². The molecule has 3 N–H and O–H groups in total. The Kier molecular flexibility index (Phi) is 12.8. The van der Waals surface area contributed by atoms with Gasteiger partial charge in [0.15, 0.2) is 0 Å². The number of nitrogens with one attached hydrogen (secondary N) is 3. The van der Waals surface area contributed by atoms with Crippen LogP contribution in [0.2, 0.25) is 0 Å². The highest BCUT2D eigenvalue weighted by molar-refractivity contribution is 7.89. The van der Waals surface area contributed by atoms with Gasteiger partial charge in [0, 0.05) is 39.0 Å². The fourth-order valence-electron chi connectivity index (χ4n) is 4.04. The van der Waals surface area contributed by atoms with Gasteiger partial charge in [-0.15, -0.1) is 0 Å². The molecule has 0 radical (unpaired) electrons. The van der Waals surface area contributed by atoms with Crippen molar-refractivity contribution < 1.29 is 37.1 Å². The first-order valence-electron chi connectivity index (χ1n) is 13.6. The molecule has 2 rings (SSSR count). The average molecular weight is 583 g/mol. The second-order valence-electron chi connectivity index (χ2n) is 10.6. The van der Waals surface area contributed by atoms with Crippen molar-refractivity contribution >= 4 is 33.9 Å². The number of rotatable bonds is 13. The third-order valence-electron chi connectivity index (χ3n) is 6.15. The fourth-order valence-corrected chi connectivity index (χ4v) is 5.25. The predicted octanol–water partition coefficient (Wildman–Crippen LogP) is 1.95. The topological polar surface area (TPSA) is 160 Å². The predicted molar refractivity (Wildman–Crippen MR) is 148 cm³/mol. The van der Waals surface area contributed by atoms with Crippen LogP contribution in [0.25, 0.3) is 0 Å². The van der Waals surface area contributed by atoms with Gasteiger partial charge in [0.2, 0.25) is 21.8 Å². The number of likely N-dealkylation sites (tertiary alicyclic amines) is 1. The van der Waals surface area contributed by atoms with E-state index in [-0.39, 0.29) is 43.0 Å². The maximum atomic E-state index is 12.6. The number of nitrogens with zero attached hydrogens (tertiary/aromatic N) is 1. The summed E-state index contributed by atoms with van der Waals surface area (Å²) >= 11 is 0. The zero-order valence-electron chi connectivity index (χ0n) is 23.7. The summed E-state index contributed by atoms with van der Waals surface area (Å²) in [7, 11) is -4.01. The molecule has 1 atom stereocenters. The first-order valence-corrected chi connectivity index (χ1v) is 15.0. The number of esters is 1. The van der Waals surface area contributed by atoms with E-state index in [4.69, 9.17) is 9.47 Å². The highest BCUT2D eigenvalue weighted by Gasteiger charge is 2.28. The Hall–Kier alpha value is -3.19. The molecule has 1 unspecified atom stereocenters. The van der Waals surface area contributed by atoms with Crippen molar-refractivity contribution in [3.05, 3.63) is 30.3 Å². The van der Waals surface area contributed by atoms with Crippen LogP contribution in [0.15, 0.2) is 35.2 Å². The van der Waals surface area contributed by atoms with Gasteiger partial charge in [-0.3, -0.25) is 14.4 Å². The molecule has 1 aliphatic rings. The molecular formula is C27H42N4O8S. The van der Waals surface area contributed by atoms with Crippen LogP contribution >= 0.6 is 0 Å². The highest BCUT2D eigenvalue weighted by Crippen LogP contribution is 2.23. The Bertz CT molecular complexity index is 1100. The van der Waals surface area contributed by atoms with Crippen LogP contribution in [0, 0.1) is 5.92 Å². The summed E-state index contributed by atoms with van der Waals surface area (Å²) < 4.78 is 37.8. The summed E-state index contributed by atoms with van der Waals surface area (Å²) in [4.78, 5) is 50.7. The first-order chi connectivity index (χ1) is 18.8. The number of amides is 3. The number of ether oxygens (including phenoxy) is 2.